The first-order valence-electron chi connectivity index (χ1n) is 5.77. The average molecular weight is 278 g/mol. The number of hydrogen-bond donors (Lipinski definition) is 0. The molecule has 6 heteroatoms. The summed E-state index contributed by atoms with van der Waals surface area (Å²) < 4.78 is 37.3. The van der Waals surface area contributed by atoms with Gasteiger partial charge in [-0.25, -0.2) is 9.97 Å². The van der Waals surface area contributed by atoms with E-state index in [1.165, 1.54) is 11.3 Å². The zero-order valence-corrected chi connectivity index (χ0v) is 11.9. The van der Waals surface area contributed by atoms with E-state index in [0.717, 1.165) is 17.3 Å². The van der Waals surface area contributed by atoms with Crippen LogP contribution < -0.4 is 0 Å². The van der Waals surface area contributed by atoms with Gasteiger partial charge in [0.1, 0.15) is 5.69 Å². The third kappa shape index (κ3) is 4.25. The van der Waals surface area contributed by atoms with Gasteiger partial charge in [-0.05, 0) is 13.0 Å². The van der Waals surface area contributed by atoms with Crippen molar-refractivity contribution >= 4 is 21.6 Å². The van der Waals surface area contributed by atoms with Crippen LogP contribution in [0.2, 0.25) is 0 Å². The summed E-state index contributed by atoms with van der Waals surface area (Å²) in [4.78, 5) is 7.34. The number of pyridine rings is 1. The molecule has 0 spiro atoms. The summed E-state index contributed by atoms with van der Waals surface area (Å²) in [6, 6.07) is 1.03. The lowest BCUT2D eigenvalue weighted by atomic mass is 10.3. The molecule has 2 nitrogen and oxygen atoms in total. The Bertz CT molecular complexity index is 478. The Labute approximate surface area is 109 Å². The van der Waals surface area contributed by atoms with E-state index in [-0.39, 0.29) is 0 Å². The molecule has 0 amide bonds. The van der Waals surface area contributed by atoms with E-state index in [9.17, 15) is 13.2 Å². The molecule has 0 bridgehead atoms. The molecule has 2 rings (SSSR count). The number of rotatable bonds is 0. The van der Waals surface area contributed by atoms with Crippen LogP contribution in [-0.2, 0) is 6.18 Å². The van der Waals surface area contributed by atoms with Crippen molar-refractivity contribution in [2.45, 2.75) is 40.8 Å². The van der Waals surface area contributed by atoms with Crippen LogP contribution in [0.15, 0.2) is 12.3 Å². The monoisotopic (exact) mass is 278 g/mol. The van der Waals surface area contributed by atoms with Gasteiger partial charge in [0.15, 0.2) is 0 Å². The van der Waals surface area contributed by atoms with Gasteiger partial charge in [-0.3, -0.25) is 0 Å². The maximum absolute atomic E-state index is 12.2. The summed E-state index contributed by atoms with van der Waals surface area (Å²) >= 11 is 1.23. The Morgan fingerprint density at radius 1 is 1.11 bits per heavy atom. The molecule has 0 saturated heterocycles. The summed E-state index contributed by atoms with van der Waals surface area (Å²) in [5, 5.41) is 0.737. The second-order valence-electron chi connectivity index (χ2n) is 2.77. The summed E-state index contributed by atoms with van der Waals surface area (Å²) in [6.45, 7) is 9.75. The van der Waals surface area contributed by atoms with Gasteiger partial charge >= 0.3 is 6.18 Å². The molecule has 0 N–H and O–H groups in total. The van der Waals surface area contributed by atoms with E-state index in [2.05, 4.69) is 9.97 Å². The average Bonchev–Trinajstić information content (AvgIpc) is 2.72. The van der Waals surface area contributed by atoms with E-state index in [1.54, 1.807) is 6.92 Å². The first-order valence-corrected chi connectivity index (χ1v) is 6.59. The molecule has 2 aromatic rings. The first-order chi connectivity index (χ1) is 8.47. The van der Waals surface area contributed by atoms with E-state index in [1.807, 2.05) is 27.7 Å². The molecule has 0 unspecified atom stereocenters. The zero-order valence-electron chi connectivity index (χ0n) is 11.1. The molecule has 2 heterocycles. The highest BCUT2D eigenvalue weighted by Gasteiger charge is 2.32. The minimum Gasteiger partial charge on any atom is -0.249 e. The highest BCUT2D eigenvalue weighted by molar-refractivity contribution is 7.18. The van der Waals surface area contributed by atoms with Crippen molar-refractivity contribution < 1.29 is 13.2 Å². The van der Waals surface area contributed by atoms with E-state index in [0.29, 0.717) is 10.2 Å². The highest BCUT2D eigenvalue weighted by Crippen LogP contribution is 2.31. The zero-order chi connectivity index (χ0) is 14.3. The third-order valence-corrected chi connectivity index (χ3v) is 2.61. The van der Waals surface area contributed by atoms with Crippen molar-refractivity contribution in [3.05, 3.63) is 23.0 Å². The molecule has 0 aliphatic rings. The third-order valence-electron chi connectivity index (χ3n) is 1.67. The summed E-state index contributed by atoms with van der Waals surface area (Å²) in [5.74, 6) is 0. The van der Waals surface area contributed by atoms with Crippen LogP contribution >= 0.6 is 11.3 Å². The number of halogens is 3. The molecule has 0 atom stereocenters. The first kappa shape index (κ1) is 16.8. The molecule has 18 heavy (non-hydrogen) atoms. The lowest BCUT2D eigenvalue weighted by Gasteiger charge is -2.03. The number of aromatic nitrogens is 2. The SMILES string of the molecule is CC.CC.Cc1nc2cnc(C(F)(F)F)cc2s1. The topological polar surface area (TPSA) is 25.8 Å². The molecule has 0 aliphatic carbocycles. The predicted molar refractivity (Wildman–Crippen MR) is 69.9 cm³/mol. The largest absolute Gasteiger partial charge is 0.433 e. The molecular formula is C12H17F3N2S. The molecular weight excluding hydrogens is 261 g/mol. The highest BCUT2D eigenvalue weighted by atomic mass is 32.1. The number of alkyl halides is 3. The quantitative estimate of drug-likeness (QED) is 0.672. The van der Waals surface area contributed by atoms with Crippen LogP contribution in [0.1, 0.15) is 38.4 Å². The second-order valence-corrected chi connectivity index (χ2v) is 4.00. The van der Waals surface area contributed by atoms with Crippen LogP contribution in [0.25, 0.3) is 10.2 Å². The van der Waals surface area contributed by atoms with Crippen LogP contribution in [0.3, 0.4) is 0 Å². The molecule has 0 aromatic carbocycles. The van der Waals surface area contributed by atoms with Crippen LogP contribution in [0.4, 0.5) is 13.2 Å². The van der Waals surface area contributed by atoms with Gasteiger partial charge in [0.2, 0.25) is 0 Å². The van der Waals surface area contributed by atoms with Crippen LogP contribution in [0.5, 0.6) is 0 Å². The number of hydrogen-bond acceptors (Lipinski definition) is 3. The normalized spacial score (nSPS) is 10.2. The van der Waals surface area contributed by atoms with E-state index < -0.39 is 11.9 Å². The predicted octanol–water partition coefficient (Wildman–Crippen LogP) is 5.07. The van der Waals surface area contributed by atoms with E-state index in [4.69, 9.17) is 0 Å². The lowest BCUT2D eigenvalue weighted by Crippen LogP contribution is -2.06. The number of fused-ring (bicyclic) bond motifs is 1. The summed E-state index contributed by atoms with van der Waals surface area (Å²) in [7, 11) is 0. The number of thiazole rings is 1. The van der Waals surface area contributed by atoms with Crippen molar-refractivity contribution in [2.24, 2.45) is 0 Å². The minimum atomic E-state index is -4.38. The molecule has 0 radical (unpaired) electrons. The molecule has 0 aliphatic heterocycles. The van der Waals surface area contributed by atoms with Gasteiger partial charge in [0, 0.05) is 0 Å². The fraction of sp³-hybridized carbons (Fsp3) is 0.500. The molecule has 102 valence electrons. The van der Waals surface area contributed by atoms with Gasteiger partial charge < -0.3 is 0 Å². The van der Waals surface area contributed by atoms with Gasteiger partial charge in [-0.1, -0.05) is 27.7 Å². The maximum atomic E-state index is 12.2. The van der Waals surface area contributed by atoms with Crippen molar-refractivity contribution in [1.29, 1.82) is 0 Å². The Morgan fingerprint density at radius 2 is 1.67 bits per heavy atom. The second kappa shape index (κ2) is 7.31. The standard InChI is InChI=1S/C8H5F3N2S.2C2H6/c1-4-13-5-3-12-7(8(9,10)11)2-6(5)14-4;2*1-2/h2-3H,1H3;2*1-2H3. The van der Waals surface area contributed by atoms with Gasteiger partial charge in [-0.2, -0.15) is 13.2 Å². The van der Waals surface area contributed by atoms with Crippen molar-refractivity contribution in [2.75, 3.05) is 0 Å². The Morgan fingerprint density at radius 3 is 2.17 bits per heavy atom. The maximum Gasteiger partial charge on any atom is 0.433 e. The van der Waals surface area contributed by atoms with Crippen LogP contribution in [0, 0.1) is 6.92 Å². The lowest BCUT2D eigenvalue weighted by molar-refractivity contribution is -0.141. The Hall–Kier alpha value is -1.17. The summed E-state index contributed by atoms with van der Waals surface area (Å²) in [6.07, 6.45) is -3.23. The Balaban J connectivity index is 0.000000659. The Kier molecular flexibility index (Phi) is 6.83. The summed E-state index contributed by atoms with van der Waals surface area (Å²) in [5.41, 5.74) is -0.353. The van der Waals surface area contributed by atoms with Crippen LogP contribution in [-0.4, -0.2) is 9.97 Å². The number of aryl methyl sites for hydroxylation is 1. The molecule has 0 fully saturated rings. The van der Waals surface area contributed by atoms with E-state index >= 15 is 0 Å². The van der Waals surface area contributed by atoms with Gasteiger partial charge in [0.25, 0.3) is 0 Å². The fourth-order valence-corrected chi connectivity index (χ4v) is 1.94. The number of nitrogens with zero attached hydrogens (tertiary/aromatic N) is 2. The smallest absolute Gasteiger partial charge is 0.249 e. The van der Waals surface area contributed by atoms with Gasteiger partial charge in [-0.15, -0.1) is 11.3 Å². The molecule has 2 aromatic heterocycles. The fourth-order valence-electron chi connectivity index (χ4n) is 1.10. The van der Waals surface area contributed by atoms with Gasteiger partial charge in [0.05, 0.1) is 21.4 Å². The van der Waals surface area contributed by atoms with Crippen molar-refractivity contribution in [1.82, 2.24) is 9.97 Å². The molecule has 0 saturated carbocycles. The van der Waals surface area contributed by atoms with Crippen molar-refractivity contribution in [3.63, 3.8) is 0 Å². The minimum absolute atomic E-state index is 0.514. The van der Waals surface area contributed by atoms with Crippen molar-refractivity contribution in [3.8, 4) is 0 Å².